The van der Waals surface area contributed by atoms with Gasteiger partial charge in [0.15, 0.2) is 5.17 Å². The van der Waals surface area contributed by atoms with Crippen LogP contribution in [-0.2, 0) is 0 Å². The number of benzene rings is 1. The highest BCUT2D eigenvalue weighted by atomic mass is 32.2. The molecule has 0 fully saturated rings. The maximum absolute atomic E-state index is 4.50. The molecule has 2 heterocycles. The van der Waals surface area contributed by atoms with Gasteiger partial charge < -0.3 is 5.32 Å². The van der Waals surface area contributed by atoms with Crippen LogP contribution in [0.15, 0.2) is 54.0 Å². The predicted octanol–water partition coefficient (Wildman–Crippen LogP) is 2.73. The topological polar surface area (TPSA) is 50.2 Å². The van der Waals surface area contributed by atoms with E-state index in [2.05, 4.69) is 44.5 Å². The van der Waals surface area contributed by atoms with Gasteiger partial charge in [-0.15, -0.1) is 0 Å². The van der Waals surface area contributed by atoms with E-state index in [1.165, 1.54) is 11.9 Å². The van der Waals surface area contributed by atoms with E-state index < -0.39 is 0 Å². The molecule has 0 bridgehead atoms. The summed E-state index contributed by atoms with van der Waals surface area (Å²) in [6.45, 7) is 0.810. The van der Waals surface area contributed by atoms with Crippen molar-refractivity contribution in [2.24, 2.45) is 4.99 Å². The predicted molar refractivity (Wildman–Crippen MR) is 74.7 cm³/mol. The van der Waals surface area contributed by atoms with Gasteiger partial charge in [-0.3, -0.25) is 4.99 Å². The van der Waals surface area contributed by atoms with Crippen LogP contribution >= 0.6 is 11.8 Å². The van der Waals surface area contributed by atoms with Crippen molar-refractivity contribution in [3.8, 4) is 0 Å². The van der Waals surface area contributed by atoms with E-state index in [1.807, 2.05) is 6.07 Å². The monoisotopic (exact) mass is 256 g/mol. The molecule has 90 valence electrons. The van der Waals surface area contributed by atoms with Crippen molar-refractivity contribution in [2.45, 2.75) is 5.25 Å². The minimum atomic E-state index is 0.401. The maximum Gasteiger partial charge on any atom is 0.161 e. The number of nitrogens with zero attached hydrogens (tertiary/aromatic N) is 3. The average Bonchev–Trinajstić information content (AvgIpc) is 2.89. The van der Waals surface area contributed by atoms with Crippen molar-refractivity contribution >= 4 is 22.6 Å². The Labute approximate surface area is 110 Å². The van der Waals surface area contributed by atoms with E-state index in [9.17, 15) is 0 Å². The van der Waals surface area contributed by atoms with Crippen LogP contribution in [0.1, 0.15) is 10.8 Å². The molecule has 0 aliphatic carbocycles. The number of anilines is 1. The Morgan fingerprint density at radius 3 is 2.67 bits per heavy atom. The molecule has 0 saturated heterocycles. The van der Waals surface area contributed by atoms with Crippen molar-refractivity contribution < 1.29 is 0 Å². The van der Waals surface area contributed by atoms with E-state index in [4.69, 9.17) is 0 Å². The van der Waals surface area contributed by atoms with Gasteiger partial charge in [0.05, 0.1) is 29.9 Å². The van der Waals surface area contributed by atoms with E-state index in [0.29, 0.717) is 5.25 Å². The standard InChI is InChI=1S/C13H12N4S/c1-2-4-10(5-3-1)12-8-16-13(18-12)17-11-6-14-9-15-7-11/h1-7,9,12H,8H2,(H,16,17). The summed E-state index contributed by atoms with van der Waals surface area (Å²) in [4.78, 5) is 12.4. The molecule has 0 saturated carbocycles. The van der Waals surface area contributed by atoms with E-state index in [-0.39, 0.29) is 0 Å². The Bertz CT molecular complexity index is 541. The number of rotatable bonds is 2. The lowest BCUT2D eigenvalue weighted by Gasteiger charge is -2.08. The summed E-state index contributed by atoms with van der Waals surface area (Å²) in [5, 5.41) is 4.56. The second-order valence-electron chi connectivity index (χ2n) is 3.92. The molecular weight excluding hydrogens is 244 g/mol. The summed E-state index contributed by atoms with van der Waals surface area (Å²) >= 11 is 1.74. The van der Waals surface area contributed by atoms with Crippen LogP contribution in [0, 0.1) is 0 Å². The Morgan fingerprint density at radius 1 is 1.11 bits per heavy atom. The van der Waals surface area contributed by atoms with Crippen molar-refractivity contribution in [2.75, 3.05) is 11.9 Å². The van der Waals surface area contributed by atoms with Crippen molar-refractivity contribution in [3.63, 3.8) is 0 Å². The zero-order valence-electron chi connectivity index (χ0n) is 9.65. The summed E-state index contributed by atoms with van der Waals surface area (Å²) in [7, 11) is 0. The first-order valence-corrected chi connectivity index (χ1v) is 6.58. The van der Waals surface area contributed by atoms with E-state index >= 15 is 0 Å². The lowest BCUT2D eigenvalue weighted by Crippen LogP contribution is -2.05. The van der Waals surface area contributed by atoms with Gasteiger partial charge >= 0.3 is 0 Å². The molecule has 1 unspecified atom stereocenters. The number of aliphatic imine (C=N–C) groups is 1. The van der Waals surface area contributed by atoms with Gasteiger partial charge in [-0.25, -0.2) is 9.97 Å². The van der Waals surface area contributed by atoms with Crippen molar-refractivity contribution in [1.29, 1.82) is 0 Å². The Hall–Kier alpha value is -1.88. The lowest BCUT2D eigenvalue weighted by atomic mass is 10.1. The average molecular weight is 256 g/mol. The summed E-state index contributed by atoms with van der Waals surface area (Å²) < 4.78 is 0. The fourth-order valence-corrected chi connectivity index (χ4v) is 2.81. The molecule has 5 heteroatoms. The van der Waals surface area contributed by atoms with Crippen LogP contribution in [0.25, 0.3) is 0 Å². The van der Waals surface area contributed by atoms with Gasteiger partial charge in [0.25, 0.3) is 0 Å². The van der Waals surface area contributed by atoms with E-state index in [1.54, 1.807) is 24.2 Å². The second-order valence-corrected chi connectivity index (χ2v) is 5.11. The second kappa shape index (κ2) is 5.18. The number of aromatic nitrogens is 2. The summed E-state index contributed by atoms with van der Waals surface area (Å²) in [6, 6.07) is 10.4. The lowest BCUT2D eigenvalue weighted by molar-refractivity contribution is 0.966. The first-order chi connectivity index (χ1) is 8.92. The van der Waals surface area contributed by atoms with Crippen LogP contribution < -0.4 is 5.32 Å². The highest BCUT2D eigenvalue weighted by Gasteiger charge is 2.21. The number of hydrogen-bond acceptors (Lipinski definition) is 5. The number of nitrogens with one attached hydrogen (secondary N) is 1. The first kappa shape index (κ1) is 11.2. The largest absolute Gasteiger partial charge is 0.332 e. The molecule has 0 radical (unpaired) electrons. The van der Waals surface area contributed by atoms with Gasteiger partial charge in [0.2, 0.25) is 0 Å². The Kier molecular flexibility index (Phi) is 3.23. The quantitative estimate of drug-likeness (QED) is 0.897. The summed E-state index contributed by atoms with van der Waals surface area (Å²) in [5.41, 5.74) is 2.19. The highest BCUT2D eigenvalue weighted by Crippen LogP contribution is 2.35. The van der Waals surface area contributed by atoms with Gasteiger partial charge in [-0.1, -0.05) is 42.1 Å². The number of hydrogen-bond donors (Lipinski definition) is 1. The number of amidine groups is 1. The fourth-order valence-electron chi connectivity index (χ4n) is 1.77. The molecule has 1 aromatic carbocycles. The summed E-state index contributed by atoms with van der Waals surface area (Å²) in [5.74, 6) is 0. The minimum Gasteiger partial charge on any atom is -0.332 e. The third kappa shape index (κ3) is 2.51. The SMILES string of the molecule is c1ccc(C2CN=C(Nc3cncnc3)S2)cc1. The van der Waals surface area contributed by atoms with Crippen LogP contribution in [0.5, 0.6) is 0 Å². The zero-order chi connectivity index (χ0) is 12.2. The molecule has 1 N–H and O–H groups in total. The van der Waals surface area contributed by atoms with Crippen LogP contribution in [0.4, 0.5) is 5.69 Å². The molecule has 1 aromatic heterocycles. The molecular formula is C13H12N4S. The Balaban J connectivity index is 1.65. The molecule has 2 aromatic rings. The Morgan fingerprint density at radius 2 is 1.89 bits per heavy atom. The molecule has 1 atom stereocenters. The first-order valence-electron chi connectivity index (χ1n) is 5.70. The smallest absolute Gasteiger partial charge is 0.161 e. The number of thioether (sulfide) groups is 1. The zero-order valence-corrected chi connectivity index (χ0v) is 10.5. The minimum absolute atomic E-state index is 0.401. The molecule has 1 aliphatic heterocycles. The molecule has 4 nitrogen and oxygen atoms in total. The maximum atomic E-state index is 4.50. The normalized spacial score (nSPS) is 18.4. The van der Waals surface area contributed by atoms with E-state index in [0.717, 1.165) is 17.4 Å². The molecule has 18 heavy (non-hydrogen) atoms. The van der Waals surface area contributed by atoms with Gasteiger partial charge in [0.1, 0.15) is 6.33 Å². The van der Waals surface area contributed by atoms with Gasteiger partial charge in [0, 0.05) is 0 Å². The van der Waals surface area contributed by atoms with Gasteiger partial charge in [-0.05, 0) is 5.56 Å². The third-order valence-electron chi connectivity index (χ3n) is 2.64. The van der Waals surface area contributed by atoms with Crippen LogP contribution in [0.3, 0.4) is 0 Å². The summed E-state index contributed by atoms with van der Waals surface area (Å²) in [6.07, 6.45) is 5.00. The fraction of sp³-hybridized carbons (Fsp3) is 0.154. The molecule has 0 amide bonds. The highest BCUT2D eigenvalue weighted by molar-refractivity contribution is 8.14. The molecule has 0 spiro atoms. The van der Waals surface area contributed by atoms with Crippen molar-refractivity contribution in [1.82, 2.24) is 9.97 Å². The molecule has 1 aliphatic rings. The van der Waals surface area contributed by atoms with Gasteiger partial charge in [-0.2, -0.15) is 0 Å². The van der Waals surface area contributed by atoms with Crippen LogP contribution in [0.2, 0.25) is 0 Å². The van der Waals surface area contributed by atoms with Crippen molar-refractivity contribution in [3.05, 3.63) is 54.6 Å². The van der Waals surface area contributed by atoms with Crippen LogP contribution in [-0.4, -0.2) is 21.7 Å². The molecule has 3 rings (SSSR count). The third-order valence-corrected chi connectivity index (χ3v) is 3.80.